The van der Waals surface area contributed by atoms with Gasteiger partial charge in [0.15, 0.2) is 0 Å². The van der Waals surface area contributed by atoms with Gasteiger partial charge in [-0.2, -0.15) is 4.98 Å². The largest absolute Gasteiger partial charge is 0.350 e. The van der Waals surface area contributed by atoms with E-state index in [4.69, 9.17) is 0 Å². The minimum Gasteiger partial charge on any atom is -0.350 e. The van der Waals surface area contributed by atoms with Crippen molar-refractivity contribution in [3.8, 4) is 0 Å². The second kappa shape index (κ2) is 7.13. The molecule has 1 aromatic heterocycles. The summed E-state index contributed by atoms with van der Waals surface area (Å²) in [6.07, 6.45) is 0. The van der Waals surface area contributed by atoms with E-state index in [1.54, 1.807) is 0 Å². The highest BCUT2D eigenvalue weighted by Gasteiger charge is 2.04. The summed E-state index contributed by atoms with van der Waals surface area (Å²) in [6, 6.07) is 18.5. The molecule has 3 aromatic rings. The van der Waals surface area contributed by atoms with Crippen LogP contribution in [0.1, 0.15) is 22.4 Å². The predicted octanol–water partition coefficient (Wildman–Crippen LogP) is 4.76. The second-order valence-electron chi connectivity index (χ2n) is 5.99. The third kappa shape index (κ3) is 4.10. The highest BCUT2D eigenvalue weighted by molar-refractivity contribution is 5.58. The Morgan fingerprint density at radius 1 is 0.875 bits per heavy atom. The molecule has 24 heavy (non-hydrogen) atoms. The maximum Gasteiger partial charge on any atom is 0.225 e. The molecule has 0 unspecified atom stereocenters. The number of rotatable bonds is 5. The maximum atomic E-state index is 4.57. The zero-order valence-electron chi connectivity index (χ0n) is 14.3. The third-order valence-electron chi connectivity index (χ3n) is 3.84. The Balaban J connectivity index is 1.75. The summed E-state index contributed by atoms with van der Waals surface area (Å²) in [6.45, 7) is 6.87. The number of anilines is 3. The van der Waals surface area contributed by atoms with Gasteiger partial charge in [0.25, 0.3) is 0 Å². The van der Waals surface area contributed by atoms with E-state index in [0.29, 0.717) is 12.5 Å². The molecule has 3 rings (SSSR count). The number of hydrogen-bond donors (Lipinski definition) is 2. The van der Waals surface area contributed by atoms with Crippen LogP contribution in [0.3, 0.4) is 0 Å². The SMILES string of the molecule is Cc1cccc(Nc2cc(C)nc(NCc3ccccc3C)n2)c1. The van der Waals surface area contributed by atoms with Gasteiger partial charge in [0, 0.05) is 24.0 Å². The molecule has 0 fully saturated rings. The van der Waals surface area contributed by atoms with Crippen molar-refractivity contribution in [2.75, 3.05) is 10.6 Å². The number of benzene rings is 2. The lowest BCUT2D eigenvalue weighted by molar-refractivity contribution is 1.02. The zero-order chi connectivity index (χ0) is 16.9. The van der Waals surface area contributed by atoms with Gasteiger partial charge < -0.3 is 10.6 Å². The predicted molar refractivity (Wildman–Crippen MR) is 99.7 cm³/mol. The lowest BCUT2D eigenvalue weighted by atomic mass is 10.1. The van der Waals surface area contributed by atoms with E-state index >= 15 is 0 Å². The zero-order valence-corrected chi connectivity index (χ0v) is 14.3. The van der Waals surface area contributed by atoms with Gasteiger partial charge in [-0.25, -0.2) is 4.98 Å². The maximum absolute atomic E-state index is 4.57. The molecule has 2 N–H and O–H groups in total. The van der Waals surface area contributed by atoms with E-state index < -0.39 is 0 Å². The van der Waals surface area contributed by atoms with E-state index in [1.807, 2.05) is 37.3 Å². The Kier molecular flexibility index (Phi) is 4.75. The lowest BCUT2D eigenvalue weighted by Gasteiger charge is -2.11. The van der Waals surface area contributed by atoms with Crippen LogP contribution in [0.5, 0.6) is 0 Å². The number of hydrogen-bond acceptors (Lipinski definition) is 4. The highest BCUT2D eigenvalue weighted by Crippen LogP contribution is 2.18. The van der Waals surface area contributed by atoms with Crippen LogP contribution in [0.25, 0.3) is 0 Å². The lowest BCUT2D eigenvalue weighted by Crippen LogP contribution is -2.07. The Labute approximate surface area is 143 Å². The standard InChI is InChI=1S/C20H22N4/c1-14-7-6-10-18(11-14)23-19-12-16(3)22-20(24-19)21-13-17-9-5-4-8-15(17)2/h4-12H,13H2,1-3H3,(H2,21,22,23,24). The van der Waals surface area contributed by atoms with Gasteiger partial charge >= 0.3 is 0 Å². The Morgan fingerprint density at radius 2 is 1.71 bits per heavy atom. The molecule has 0 saturated heterocycles. The molecular weight excluding hydrogens is 296 g/mol. The molecule has 4 nitrogen and oxygen atoms in total. The van der Waals surface area contributed by atoms with Crippen molar-refractivity contribution < 1.29 is 0 Å². The summed E-state index contributed by atoms with van der Waals surface area (Å²) >= 11 is 0. The van der Waals surface area contributed by atoms with Crippen LogP contribution in [0.4, 0.5) is 17.5 Å². The van der Waals surface area contributed by atoms with Gasteiger partial charge in [-0.15, -0.1) is 0 Å². The molecule has 0 amide bonds. The summed E-state index contributed by atoms with van der Waals surface area (Å²) in [7, 11) is 0. The minimum absolute atomic E-state index is 0.633. The van der Waals surface area contributed by atoms with Gasteiger partial charge in [-0.1, -0.05) is 36.4 Å². The summed E-state index contributed by atoms with van der Waals surface area (Å²) in [5, 5.41) is 6.66. The first-order valence-electron chi connectivity index (χ1n) is 8.08. The number of nitrogens with zero attached hydrogens (tertiary/aromatic N) is 2. The average Bonchev–Trinajstić information content (AvgIpc) is 2.53. The fourth-order valence-electron chi connectivity index (χ4n) is 2.57. The summed E-state index contributed by atoms with van der Waals surface area (Å²) in [4.78, 5) is 9.05. The van der Waals surface area contributed by atoms with Crippen molar-refractivity contribution >= 4 is 17.5 Å². The number of nitrogens with one attached hydrogen (secondary N) is 2. The van der Waals surface area contributed by atoms with Gasteiger partial charge in [0.2, 0.25) is 5.95 Å². The topological polar surface area (TPSA) is 49.8 Å². The van der Waals surface area contributed by atoms with Gasteiger partial charge in [0.1, 0.15) is 5.82 Å². The smallest absolute Gasteiger partial charge is 0.225 e. The first kappa shape index (κ1) is 16.0. The fourth-order valence-corrected chi connectivity index (χ4v) is 2.57. The molecule has 2 aromatic carbocycles. The van der Waals surface area contributed by atoms with E-state index in [-0.39, 0.29) is 0 Å². The third-order valence-corrected chi connectivity index (χ3v) is 3.84. The molecule has 122 valence electrons. The monoisotopic (exact) mass is 318 g/mol. The molecule has 0 bridgehead atoms. The molecule has 0 aliphatic carbocycles. The van der Waals surface area contributed by atoms with Crippen LogP contribution in [0, 0.1) is 20.8 Å². The van der Waals surface area contributed by atoms with Gasteiger partial charge in [-0.3, -0.25) is 0 Å². The van der Waals surface area contributed by atoms with E-state index in [9.17, 15) is 0 Å². The fraction of sp³-hybridized carbons (Fsp3) is 0.200. The normalized spacial score (nSPS) is 10.5. The van der Waals surface area contributed by atoms with Crippen molar-refractivity contribution in [2.45, 2.75) is 27.3 Å². The van der Waals surface area contributed by atoms with Crippen LogP contribution in [-0.4, -0.2) is 9.97 Å². The molecule has 0 saturated carbocycles. The molecule has 0 radical (unpaired) electrons. The molecule has 0 spiro atoms. The quantitative estimate of drug-likeness (QED) is 0.712. The molecule has 0 aliphatic rings. The van der Waals surface area contributed by atoms with Crippen molar-refractivity contribution in [1.29, 1.82) is 0 Å². The minimum atomic E-state index is 0.633. The summed E-state index contributed by atoms with van der Waals surface area (Å²) < 4.78 is 0. The van der Waals surface area contributed by atoms with Crippen molar-refractivity contribution in [3.63, 3.8) is 0 Å². The first-order chi connectivity index (χ1) is 11.6. The molecular formula is C20H22N4. The Hall–Kier alpha value is -2.88. The van der Waals surface area contributed by atoms with Crippen molar-refractivity contribution in [3.05, 3.63) is 77.0 Å². The van der Waals surface area contributed by atoms with E-state index in [1.165, 1.54) is 16.7 Å². The van der Waals surface area contributed by atoms with Crippen LogP contribution in [-0.2, 0) is 6.54 Å². The Morgan fingerprint density at radius 3 is 2.50 bits per heavy atom. The molecule has 0 aliphatic heterocycles. The van der Waals surface area contributed by atoms with Crippen molar-refractivity contribution in [1.82, 2.24) is 9.97 Å². The summed E-state index contributed by atoms with van der Waals surface area (Å²) in [5.74, 6) is 1.42. The van der Waals surface area contributed by atoms with Gasteiger partial charge in [-0.05, 0) is 49.6 Å². The molecule has 0 atom stereocenters. The average molecular weight is 318 g/mol. The highest BCUT2D eigenvalue weighted by atomic mass is 15.1. The first-order valence-corrected chi connectivity index (χ1v) is 8.08. The van der Waals surface area contributed by atoms with E-state index in [2.05, 4.69) is 58.7 Å². The van der Waals surface area contributed by atoms with Crippen molar-refractivity contribution in [2.24, 2.45) is 0 Å². The van der Waals surface area contributed by atoms with Gasteiger partial charge in [0.05, 0.1) is 0 Å². The second-order valence-corrected chi connectivity index (χ2v) is 5.99. The number of aromatic nitrogens is 2. The van der Waals surface area contributed by atoms with Crippen LogP contribution in [0.15, 0.2) is 54.6 Å². The number of aryl methyl sites for hydroxylation is 3. The molecule has 4 heteroatoms. The van der Waals surface area contributed by atoms with E-state index in [0.717, 1.165) is 17.2 Å². The molecule has 1 heterocycles. The van der Waals surface area contributed by atoms with Crippen LogP contribution < -0.4 is 10.6 Å². The Bertz CT molecular complexity index is 843. The van der Waals surface area contributed by atoms with Crippen LogP contribution >= 0.6 is 0 Å². The summed E-state index contributed by atoms with van der Waals surface area (Å²) in [5.41, 5.74) is 5.67. The van der Waals surface area contributed by atoms with Crippen LogP contribution in [0.2, 0.25) is 0 Å².